The van der Waals surface area contributed by atoms with Gasteiger partial charge in [-0.1, -0.05) is 11.6 Å². The summed E-state index contributed by atoms with van der Waals surface area (Å²) < 4.78 is 6.70. The maximum atomic E-state index is 12.2. The molecule has 2 rings (SSSR count). The summed E-state index contributed by atoms with van der Waals surface area (Å²) >= 11 is 5.94. The van der Waals surface area contributed by atoms with E-state index in [9.17, 15) is 9.59 Å². The molecule has 2 aromatic rings. The number of methoxy groups -OCH3 is 1. The van der Waals surface area contributed by atoms with Crippen molar-refractivity contribution in [2.75, 3.05) is 12.4 Å². The zero-order chi connectivity index (χ0) is 17.1. The molecule has 0 aliphatic carbocycles. The molecule has 1 aromatic heterocycles. The molecule has 0 aliphatic rings. The van der Waals surface area contributed by atoms with Crippen LogP contribution in [0, 0.1) is 13.8 Å². The monoisotopic (exact) mass is 335 g/mol. The summed E-state index contributed by atoms with van der Waals surface area (Å²) in [6, 6.07) is 4.96. The second-order valence-electron chi connectivity index (χ2n) is 5.15. The summed E-state index contributed by atoms with van der Waals surface area (Å²) in [4.78, 5) is 23.9. The summed E-state index contributed by atoms with van der Waals surface area (Å²) in [6.07, 6.45) is 0. The fourth-order valence-electron chi connectivity index (χ4n) is 2.46. The first-order valence-electron chi connectivity index (χ1n) is 7.01. The molecule has 122 valence electrons. The minimum atomic E-state index is -0.286. The van der Waals surface area contributed by atoms with E-state index >= 15 is 0 Å². The predicted molar refractivity (Wildman–Crippen MR) is 88.3 cm³/mol. The first-order chi connectivity index (χ1) is 10.8. The predicted octanol–water partition coefficient (Wildman–Crippen LogP) is 3.00. The Balaban J connectivity index is 2.19. The van der Waals surface area contributed by atoms with Gasteiger partial charge in [0.05, 0.1) is 24.1 Å². The van der Waals surface area contributed by atoms with Crippen LogP contribution >= 0.6 is 11.6 Å². The molecule has 1 amide bonds. The lowest BCUT2D eigenvalue weighted by Crippen LogP contribution is -2.20. The van der Waals surface area contributed by atoms with E-state index in [0.29, 0.717) is 33.4 Å². The van der Waals surface area contributed by atoms with Crippen LogP contribution in [0.4, 0.5) is 5.69 Å². The second-order valence-corrected chi connectivity index (χ2v) is 5.59. The third kappa shape index (κ3) is 3.71. The Kier molecular flexibility index (Phi) is 5.05. The number of hydrogen-bond acceptors (Lipinski definition) is 4. The van der Waals surface area contributed by atoms with E-state index in [1.807, 2.05) is 0 Å². The number of nitrogens with one attached hydrogen (secondary N) is 1. The molecule has 0 fully saturated rings. The van der Waals surface area contributed by atoms with Crippen molar-refractivity contribution in [1.29, 1.82) is 0 Å². The van der Waals surface area contributed by atoms with E-state index in [-0.39, 0.29) is 18.2 Å². The van der Waals surface area contributed by atoms with Crippen molar-refractivity contribution in [1.82, 2.24) is 9.78 Å². The highest BCUT2D eigenvalue weighted by atomic mass is 35.5. The quantitative estimate of drug-likeness (QED) is 0.852. The van der Waals surface area contributed by atoms with Crippen LogP contribution in [0.1, 0.15) is 28.7 Å². The van der Waals surface area contributed by atoms with E-state index in [1.54, 1.807) is 32.0 Å². The number of aromatic nitrogens is 2. The number of carbonyl (C=O) groups excluding carboxylic acids is 2. The number of ketones is 1. The van der Waals surface area contributed by atoms with Crippen molar-refractivity contribution in [2.24, 2.45) is 0 Å². The van der Waals surface area contributed by atoms with Crippen LogP contribution in [-0.4, -0.2) is 28.6 Å². The molecule has 0 radical (unpaired) electrons. The maximum Gasteiger partial charge on any atom is 0.246 e. The van der Waals surface area contributed by atoms with Gasteiger partial charge in [-0.2, -0.15) is 5.10 Å². The standard InChI is InChI=1S/C16H18ClN3O3/c1-9-16(11(3)21)10(2)20(19-9)8-15(22)18-13-7-12(17)5-6-14(13)23-4/h5-7H,8H2,1-4H3,(H,18,22). The third-order valence-electron chi connectivity index (χ3n) is 3.46. The van der Waals surface area contributed by atoms with Gasteiger partial charge in [0, 0.05) is 10.7 Å². The SMILES string of the molecule is COc1ccc(Cl)cc1NC(=O)Cn1nc(C)c(C(C)=O)c1C. The number of rotatable bonds is 5. The summed E-state index contributed by atoms with van der Waals surface area (Å²) in [5.74, 6) is 0.162. The lowest BCUT2D eigenvalue weighted by Gasteiger charge is -2.11. The van der Waals surface area contributed by atoms with Gasteiger partial charge in [0.2, 0.25) is 5.91 Å². The molecule has 6 nitrogen and oxygen atoms in total. The van der Waals surface area contributed by atoms with E-state index in [4.69, 9.17) is 16.3 Å². The van der Waals surface area contributed by atoms with Gasteiger partial charge in [-0.15, -0.1) is 0 Å². The number of hydrogen-bond donors (Lipinski definition) is 1. The number of halogens is 1. The third-order valence-corrected chi connectivity index (χ3v) is 3.70. The largest absolute Gasteiger partial charge is 0.495 e. The Bertz CT molecular complexity index is 768. The minimum absolute atomic E-state index is 0.00434. The van der Waals surface area contributed by atoms with Crippen LogP contribution in [-0.2, 0) is 11.3 Å². The topological polar surface area (TPSA) is 73.2 Å². The van der Waals surface area contributed by atoms with E-state index < -0.39 is 0 Å². The summed E-state index contributed by atoms with van der Waals surface area (Å²) in [6.45, 7) is 5.00. The van der Waals surface area contributed by atoms with Crippen molar-refractivity contribution < 1.29 is 14.3 Å². The Morgan fingerprint density at radius 1 is 1.35 bits per heavy atom. The van der Waals surface area contributed by atoms with Gasteiger partial charge in [0.25, 0.3) is 0 Å². The van der Waals surface area contributed by atoms with Gasteiger partial charge in [0.15, 0.2) is 5.78 Å². The normalized spacial score (nSPS) is 10.5. The molecule has 0 aliphatic heterocycles. The zero-order valence-electron chi connectivity index (χ0n) is 13.4. The second kappa shape index (κ2) is 6.83. The van der Waals surface area contributed by atoms with E-state index in [2.05, 4.69) is 10.4 Å². The number of nitrogens with zero attached hydrogens (tertiary/aromatic N) is 2. The molecule has 0 atom stereocenters. The fourth-order valence-corrected chi connectivity index (χ4v) is 2.64. The van der Waals surface area contributed by atoms with Crippen LogP contribution in [0.5, 0.6) is 5.75 Å². The molecule has 1 N–H and O–H groups in total. The molecule has 1 heterocycles. The van der Waals surface area contributed by atoms with Crippen LogP contribution in [0.25, 0.3) is 0 Å². The van der Waals surface area contributed by atoms with E-state index in [0.717, 1.165) is 0 Å². The highest BCUT2D eigenvalue weighted by molar-refractivity contribution is 6.31. The van der Waals surface area contributed by atoms with Gasteiger partial charge in [0.1, 0.15) is 12.3 Å². The number of Topliss-reactive ketones (excluding diaryl/α,β-unsaturated/α-hetero) is 1. The fraction of sp³-hybridized carbons (Fsp3) is 0.312. The van der Waals surface area contributed by atoms with Crippen LogP contribution in [0.3, 0.4) is 0 Å². The van der Waals surface area contributed by atoms with Crippen LogP contribution in [0.2, 0.25) is 5.02 Å². The highest BCUT2D eigenvalue weighted by Gasteiger charge is 2.17. The van der Waals surface area contributed by atoms with Gasteiger partial charge in [-0.05, 0) is 39.0 Å². The molecule has 0 saturated heterocycles. The molecule has 23 heavy (non-hydrogen) atoms. The summed E-state index contributed by atoms with van der Waals surface area (Å²) in [5.41, 5.74) is 2.32. The Morgan fingerprint density at radius 2 is 2.04 bits per heavy atom. The van der Waals surface area contributed by atoms with Gasteiger partial charge >= 0.3 is 0 Å². The first kappa shape index (κ1) is 17.0. The van der Waals surface area contributed by atoms with Crippen molar-refractivity contribution >= 4 is 29.0 Å². The van der Waals surface area contributed by atoms with Crippen molar-refractivity contribution in [3.8, 4) is 5.75 Å². The highest BCUT2D eigenvalue weighted by Crippen LogP contribution is 2.27. The van der Waals surface area contributed by atoms with Crippen molar-refractivity contribution in [3.63, 3.8) is 0 Å². The summed E-state index contributed by atoms with van der Waals surface area (Å²) in [7, 11) is 1.51. The van der Waals surface area contributed by atoms with Crippen molar-refractivity contribution in [3.05, 3.63) is 40.2 Å². The molecule has 0 bridgehead atoms. The van der Waals surface area contributed by atoms with Crippen LogP contribution in [0.15, 0.2) is 18.2 Å². The number of aryl methyl sites for hydroxylation is 1. The Labute approximate surface area is 139 Å². The average molecular weight is 336 g/mol. The molecular weight excluding hydrogens is 318 g/mol. The Hall–Kier alpha value is -2.34. The molecule has 0 saturated carbocycles. The molecule has 1 aromatic carbocycles. The van der Waals surface area contributed by atoms with Gasteiger partial charge < -0.3 is 10.1 Å². The minimum Gasteiger partial charge on any atom is -0.495 e. The number of benzene rings is 1. The maximum absolute atomic E-state index is 12.2. The smallest absolute Gasteiger partial charge is 0.246 e. The number of ether oxygens (including phenoxy) is 1. The molecule has 7 heteroatoms. The Morgan fingerprint density at radius 3 is 2.61 bits per heavy atom. The molecule has 0 spiro atoms. The lowest BCUT2D eigenvalue weighted by molar-refractivity contribution is -0.117. The van der Waals surface area contributed by atoms with E-state index in [1.165, 1.54) is 18.7 Å². The lowest BCUT2D eigenvalue weighted by atomic mass is 10.1. The van der Waals surface area contributed by atoms with Crippen molar-refractivity contribution in [2.45, 2.75) is 27.3 Å². The number of anilines is 1. The molecule has 0 unspecified atom stereocenters. The van der Waals surface area contributed by atoms with Gasteiger partial charge in [-0.3, -0.25) is 14.3 Å². The first-order valence-corrected chi connectivity index (χ1v) is 7.39. The molecular formula is C16H18ClN3O3. The van der Waals surface area contributed by atoms with Gasteiger partial charge in [-0.25, -0.2) is 0 Å². The number of amides is 1. The zero-order valence-corrected chi connectivity index (χ0v) is 14.2. The average Bonchev–Trinajstić information content (AvgIpc) is 2.73. The summed E-state index contributed by atoms with van der Waals surface area (Å²) in [5, 5.41) is 7.48. The number of carbonyl (C=O) groups is 2. The van der Waals surface area contributed by atoms with Crippen LogP contribution < -0.4 is 10.1 Å².